The Morgan fingerprint density at radius 2 is 1.69 bits per heavy atom. The first-order valence-electron chi connectivity index (χ1n) is 10.4. The fourth-order valence-electron chi connectivity index (χ4n) is 3.82. The number of hydrogen-bond acceptors (Lipinski definition) is 4. The van der Waals surface area contributed by atoms with Gasteiger partial charge in [0, 0.05) is 10.8 Å². The van der Waals surface area contributed by atoms with Crippen molar-refractivity contribution in [3.8, 4) is 11.1 Å². The Bertz CT molecular complexity index is 1020. The third-order valence-electron chi connectivity index (χ3n) is 5.68. The second-order valence-electron chi connectivity index (χ2n) is 7.64. The lowest BCUT2D eigenvalue weighted by Gasteiger charge is -2.21. The van der Waals surface area contributed by atoms with Crippen LogP contribution in [0.3, 0.4) is 0 Å². The fraction of sp³-hybridized carbons (Fsp3) is 0.348. The highest BCUT2D eigenvalue weighted by Gasteiger charge is 2.29. The van der Waals surface area contributed by atoms with E-state index in [4.69, 9.17) is 10.3 Å². The average Bonchev–Trinajstić information content (AvgIpc) is 3.13. The van der Waals surface area contributed by atoms with Crippen LogP contribution in [0.25, 0.3) is 21.6 Å². The molecular formula is C23H25N5O4. The molecule has 2 aromatic rings. The number of hydrogen-bond donors (Lipinski definition) is 2. The Labute approximate surface area is 185 Å². The summed E-state index contributed by atoms with van der Waals surface area (Å²) in [4.78, 5) is 38.8. The number of alkyl carbamates (subject to hydrolysis) is 1. The van der Waals surface area contributed by atoms with Crippen molar-refractivity contribution in [1.29, 1.82) is 0 Å². The van der Waals surface area contributed by atoms with Gasteiger partial charge in [-0.25, -0.2) is 4.79 Å². The van der Waals surface area contributed by atoms with Crippen LogP contribution in [-0.4, -0.2) is 37.1 Å². The van der Waals surface area contributed by atoms with Crippen LogP contribution < -0.4 is 10.6 Å². The van der Waals surface area contributed by atoms with E-state index >= 15 is 0 Å². The lowest BCUT2D eigenvalue weighted by molar-refractivity contribution is -0.127. The lowest BCUT2D eigenvalue weighted by Crippen LogP contribution is -2.48. The molecule has 2 atom stereocenters. The van der Waals surface area contributed by atoms with E-state index in [1.165, 1.54) is 0 Å². The molecule has 32 heavy (non-hydrogen) atoms. The Balaban J connectivity index is 1.55. The van der Waals surface area contributed by atoms with Crippen molar-refractivity contribution in [2.75, 3.05) is 13.2 Å². The first-order valence-corrected chi connectivity index (χ1v) is 10.4. The number of fused-ring (bicyclic) bond motifs is 3. The maximum Gasteiger partial charge on any atom is 0.407 e. The molecule has 1 aliphatic rings. The van der Waals surface area contributed by atoms with Gasteiger partial charge in [0.25, 0.3) is 0 Å². The second-order valence-corrected chi connectivity index (χ2v) is 7.64. The molecular weight excluding hydrogens is 410 g/mol. The van der Waals surface area contributed by atoms with Gasteiger partial charge >= 0.3 is 6.09 Å². The maximum absolute atomic E-state index is 12.2. The minimum atomic E-state index is -0.951. The van der Waals surface area contributed by atoms with E-state index < -0.39 is 23.9 Å². The van der Waals surface area contributed by atoms with Gasteiger partial charge in [0.15, 0.2) is 0 Å². The molecule has 2 aromatic carbocycles. The molecule has 0 fully saturated rings. The molecule has 3 rings (SSSR count). The molecule has 166 valence electrons. The highest BCUT2D eigenvalue weighted by atomic mass is 16.5. The van der Waals surface area contributed by atoms with E-state index in [1.54, 1.807) is 6.92 Å². The van der Waals surface area contributed by atoms with E-state index in [0.717, 1.165) is 22.3 Å². The molecule has 0 heterocycles. The van der Waals surface area contributed by atoms with E-state index in [-0.39, 0.29) is 25.0 Å². The SMILES string of the molecule is CC[C@H](C)[C@H](NC(=O)CNC(=O)OCC1c2ccccc2-c2ccccc21)C(=O)N=[N+]=[N-]. The highest BCUT2D eigenvalue weighted by Crippen LogP contribution is 2.44. The number of ether oxygens (including phenoxy) is 1. The number of rotatable bonds is 8. The Hall–Kier alpha value is -3.84. The minimum Gasteiger partial charge on any atom is -0.449 e. The third kappa shape index (κ3) is 5.07. The van der Waals surface area contributed by atoms with Gasteiger partial charge in [0.1, 0.15) is 13.2 Å². The number of nitrogens with one attached hydrogen (secondary N) is 2. The predicted molar refractivity (Wildman–Crippen MR) is 119 cm³/mol. The summed E-state index contributed by atoms with van der Waals surface area (Å²) < 4.78 is 5.39. The van der Waals surface area contributed by atoms with Gasteiger partial charge < -0.3 is 15.4 Å². The molecule has 0 aliphatic heterocycles. The van der Waals surface area contributed by atoms with Crippen LogP contribution in [0.1, 0.15) is 37.3 Å². The minimum absolute atomic E-state index is 0.0850. The van der Waals surface area contributed by atoms with Crippen molar-refractivity contribution in [3.63, 3.8) is 0 Å². The third-order valence-corrected chi connectivity index (χ3v) is 5.68. The summed E-state index contributed by atoms with van der Waals surface area (Å²) in [6, 6.07) is 15.0. The number of nitrogens with zero attached hydrogens (tertiary/aromatic N) is 3. The van der Waals surface area contributed by atoms with Crippen LogP contribution in [0.5, 0.6) is 0 Å². The zero-order valence-electron chi connectivity index (χ0n) is 17.9. The number of azide groups is 1. The molecule has 0 bridgehead atoms. The van der Waals surface area contributed by atoms with E-state index in [1.807, 2.05) is 55.5 Å². The van der Waals surface area contributed by atoms with Gasteiger partial charge in [-0.3, -0.25) is 9.59 Å². The molecule has 0 radical (unpaired) electrons. The molecule has 2 N–H and O–H groups in total. The maximum atomic E-state index is 12.2. The topological polar surface area (TPSA) is 133 Å². The number of carbonyl (C=O) groups is 3. The van der Waals surface area contributed by atoms with Crippen LogP contribution in [0.4, 0.5) is 4.79 Å². The largest absolute Gasteiger partial charge is 0.449 e. The zero-order valence-corrected chi connectivity index (χ0v) is 17.9. The Morgan fingerprint density at radius 1 is 1.09 bits per heavy atom. The van der Waals surface area contributed by atoms with Crippen LogP contribution in [-0.2, 0) is 14.3 Å². The van der Waals surface area contributed by atoms with Gasteiger partial charge in [-0.1, -0.05) is 68.8 Å². The van der Waals surface area contributed by atoms with Crippen molar-refractivity contribution in [2.24, 2.45) is 11.0 Å². The molecule has 9 heteroatoms. The Morgan fingerprint density at radius 3 is 2.25 bits per heavy atom. The summed E-state index contributed by atoms with van der Waals surface area (Å²) in [7, 11) is 0. The van der Waals surface area contributed by atoms with Crippen molar-refractivity contribution in [2.45, 2.75) is 32.2 Å². The van der Waals surface area contributed by atoms with Crippen LogP contribution in [0.2, 0.25) is 0 Å². The molecule has 9 nitrogen and oxygen atoms in total. The summed E-state index contributed by atoms with van der Waals surface area (Å²) in [6.07, 6.45) is -0.138. The second kappa shape index (κ2) is 10.5. The summed E-state index contributed by atoms with van der Waals surface area (Å²) in [5.41, 5.74) is 12.9. The Kier molecular flexibility index (Phi) is 7.46. The number of carbonyl (C=O) groups excluding carboxylic acids is 3. The number of amides is 3. The average molecular weight is 435 g/mol. The molecule has 0 aromatic heterocycles. The lowest BCUT2D eigenvalue weighted by atomic mass is 9.98. The van der Waals surface area contributed by atoms with Gasteiger partial charge in [0.05, 0.1) is 6.04 Å². The fourth-order valence-corrected chi connectivity index (χ4v) is 3.82. The smallest absolute Gasteiger partial charge is 0.407 e. The number of benzene rings is 2. The summed E-state index contributed by atoms with van der Waals surface area (Å²) in [6.45, 7) is 3.37. The van der Waals surface area contributed by atoms with E-state index in [0.29, 0.717) is 6.42 Å². The molecule has 0 saturated heterocycles. The standard InChI is InChI=1S/C23H25N5O4/c1-3-14(2)21(22(30)27-28-24)26-20(29)12-25-23(31)32-13-19-17-10-6-4-8-15(17)16-9-5-7-11-18(16)19/h4-11,14,19,21H,3,12-13H2,1-2H3,(H,25,31)(H,26,29)/t14-,21-/m0/s1. The normalized spacial score (nSPS) is 13.7. The molecule has 0 spiro atoms. The summed E-state index contributed by atoms with van der Waals surface area (Å²) in [5, 5.41) is 7.97. The summed E-state index contributed by atoms with van der Waals surface area (Å²) >= 11 is 0. The van der Waals surface area contributed by atoms with Crippen LogP contribution >= 0.6 is 0 Å². The quantitative estimate of drug-likeness (QED) is 0.369. The first kappa shape index (κ1) is 22.8. The molecule has 3 amide bonds. The molecule has 0 unspecified atom stereocenters. The van der Waals surface area contributed by atoms with Gasteiger partial charge in [-0.15, -0.1) is 0 Å². The highest BCUT2D eigenvalue weighted by molar-refractivity contribution is 5.90. The van der Waals surface area contributed by atoms with Crippen molar-refractivity contribution >= 4 is 17.9 Å². The van der Waals surface area contributed by atoms with Crippen LogP contribution in [0.15, 0.2) is 53.6 Å². The van der Waals surface area contributed by atoms with Gasteiger partial charge in [-0.05, 0) is 38.8 Å². The van der Waals surface area contributed by atoms with Crippen LogP contribution in [0, 0.1) is 5.92 Å². The van der Waals surface area contributed by atoms with E-state index in [2.05, 4.69) is 20.7 Å². The molecule has 1 aliphatic carbocycles. The summed E-state index contributed by atoms with van der Waals surface area (Å²) in [5.74, 6) is -1.66. The van der Waals surface area contributed by atoms with E-state index in [9.17, 15) is 14.4 Å². The zero-order chi connectivity index (χ0) is 23.1. The van der Waals surface area contributed by atoms with Crippen molar-refractivity contribution in [3.05, 3.63) is 70.1 Å². The monoisotopic (exact) mass is 435 g/mol. The van der Waals surface area contributed by atoms with Crippen molar-refractivity contribution < 1.29 is 19.1 Å². The molecule has 0 saturated carbocycles. The van der Waals surface area contributed by atoms with Gasteiger partial charge in [0.2, 0.25) is 11.8 Å². The predicted octanol–water partition coefficient (Wildman–Crippen LogP) is 3.89. The van der Waals surface area contributed by atoms with Crippen molar-refractivity contribution in [1.82, 2.24) is 10.6 Å². The first-order chi connectivity index (χ1) is 15.5. The van der Waals surface area contributed by atoms with Gasteiger partial charge in [-0.2, -0.15) is 0 Å².